The number of halogens is 2. The molecule has 0 atom stereocenters. The Kier molecular flexibility index (Phi) is 9.19. The fourth-order valence-electron chi connectivity index (χ4n) is 2.89. The Bertz CT molecular complexity index is 537. The number of nitrogens with one attached hydrogen (secondary N) is 1. The van der Waals surface area contributed by atoms with E-state index in [0.717, 1.165) is 18.5 Å². The van der Waals surface area contributed by atoms with Gasteiger partial charge in [-0.15, -0.1) is 12.4 Å². The lowest BCUT2D eigenvalue weighted by atomic mass is 9.82. The predicted octanol–water partition coefficient (Wildman–Crippen LogP) is 5.64. The predicted molar refractivity (Wildman–Crippen MR) is 106 cm³/mol. The maximum atomic E-state index is 6.34. The van der Waals surface area contributed by atoms with Gasteiger partial charge >= 0.3 is 0 Å². The van der Waals surface area contributed by atoms with Crippen LogP contribution in [0.5, 0.6) is 11.5 Å². The smallest absolute Gasteiger partial charge is 0.180 e. The van der Waals surface area contributed by atoms with Crippen LogP contribution in [0.15, 0.2) is 24.8 Å². The van der Waals surface area contributed by atoms with Crippen molar-refractivity contribution in [3.63, 3.8) is 0 Å². The summed E-state index contributed by atoms with van der Waals surface area (Å²) in [6.45, 7) is 16.0. The summed E-state index contributed by atoms with van der Waals surface area (Å²) in [5.41, 5.74) is 1.38. The van der Waals surface area contributed by atoms with Gasteiger partial charge in [0.2, 0.25) is 0 Å². The first kappa shape index (κ1) is 23.1. The Balaban J connectivity index is 0.00000529. The van der Waals surface area contributed by atoms with Crippen LogP contribution in [0.2, 0.25) is 5.02 Å². The highest BCUT2D eigenvalue weighted by Crippen LogP contribution is 2.36. The zero-order valence-electron chi connectivity index (χ0n) is 15.7. The Hall–Kier alpha value is -0.900. The van der Waals surface area contributed by atoms with Crippen molar-refractivity contribution in [2.24, 2.45) is 5.41 Å². The van der Waals surface area contributed by atoms with Crippen molar-refractivity contribution in [2.75, 3.05) is 13.7 Å². The standard InChI is InChI=1S/C19H30ClNO2.ClH/c1-8-9-23-17-15(20)10-14(11-16(17)22-7)12-21-19(5,6)13-18(2,3)4;/h8,10-11,21H,1,9,12-13H2,2-7H3;1H. The summed E-state index contributed by atoms with van der Waals surface area (Å²) in [7, 11) is 1.62. The number of methoxy groups -OCH3 is 1. The van der Waals surface area contributed by atoms with E-state index < -0.39 is 0 Å². The van der Waals surface area contributed by atoms with E-state index in [2.05, 4.69) is 46.5 Å². The lowest BCUT2D eigenvalue weighted by Crippen LogP contribution is -2.41. The lowest BCUT2D eigenvalue weighted by molar-refractivity contribution is 0.240. The topological polar surface area (TPSA) is 30.5 Å². The number of hydrogen-bond acceptors (Lipinski definition) is 3. The largest absolute Gasteiger partial charge is 0.493 e. The third-order valence-electron chi connectivity index (χ3n) is 3.38. The van der Waals surface area contributed by atoms with Gasteiger partial charge < -0.3 is 14.8 Å². The fourth-order valence-corrected chi connectivity index (χ4v) is 3.18. The number of rotatable bonds is 8. The summed E-state index contributed by atoms with van der Waals surface area (Å²) in [5, 5.41) is 4.15. The molecule has 0 unspecified atom stereocenters. The minimum absolute atomic E-state index is 0. The summed E-state index contributed by atoms with van der Waals surface area (Å²) >= 11 is 6.34. The Morgan fingerprint density at radius 3 is 2.33 bits per heavy atom. The van der Waals surface area contributed by atoms with E-state index >= 15 is 0 Å². The molecule has 0 aliphatic heterocycles. The van der Waals surface area contributed by atoms with Gasteiger partial charge in [0.05, 0.1) is 12.1 Å². The second-order valence-electron chi connectivity index (χ2n) is 7.68. The molecule has 0 radical (unpaired) electrons. The minimum Gasteiger partial charge on any atom is -0.493 e. The van der Waals surface area contributed by atoms with E-state index in [4.69, 9.17) is 21.1 Å². The van der Waals surface area contributed by atoms with Crippen LogP contribution in [0.4, 0.5) is 0 Å². The number of hydrogen-bond donors (Lipinski definition) is 1. The molecule has 0 saturated heterocycles. The molecule has 0 heterocycles. The van der Waals surface area contributed by atoms with Gasteiger partial charge in [-0.2, -0.15) is 0 Å². The normalized spacial score (nSPS) is 11.6. The Morgan fingerprint density at radius 1 is 1.21 bits per heavy atom. The van der Waals surface area contributed by atoms with Crippen LogP contribution in [-0.4, -0.2) is 19.3 Å². The first-order valence-electron chi connectivity index (χ1n) is 7.93. The zero-order chi connectivity index (χ0) is 17.7. The highest BCUT2D eigenvalue weighted by Gasteiger charge is 2.25. The molecule has 1 rings (SSSR count). The molecular weight excluding hydrogens is 345 g/mol. The van der Waals surface area contributed by atoms with Crippen molar-refractivity contribution in [3.05, 3.63) is 35.4 Å². The quantitative estimate of drug-likeness (QED) is 0.596. The Morgan fingerprint density at radius 2 is 1.83 bits per heavy atom. The molecule has 24 heavy (non-hydrogen) atoms. The highest BCUT2D eigenvalue weighted by molar-refractivity contribution is 6.32. The van der Waals surface area contributed by atoms with E-state index in [-0.39, 0.29) is 23.4 Å². The van der Waals surface area contributed by atoms with Crippen LogP contribution >= 0.6 is 24.0 Å². The third kappa shape index (κ3) is 7.78. The van der Waals surface area contributed by atoms with E-state index in [1.165, 1.54) is 0 Å². The first-order valence-corrected chi connectivity index (χ1v) is 8.31. The molecule has 5 heteroatoms. The van der Waals surface area contributed by atoms with Crippen molar-refractivity contribution in [3.8, 4) is 11.5 Å². The van der Waals surface area contributed by atoms with E-state index in [9.17, 15) is 0 Å². The zero-order valence-corrected chi connectivity index (χ0v) is 17.2. The second-order valence-corrected chi connectivity index (χ2v) is 8.09. The van der Waals surface area contributed by atoms with Gasteiger partial charge in [-0.25, -0.2) is 0 Å². The fraction of sp³-hybridized carbons (Fsp3) is 0.579. The molecule has 0 amide bonds. The van der Waals surface area contributed by atoms with Crippen LogP contribution in [-0.2, 0) is 6.54 Å². The first-order chi connectivity index (χ1) is 10.6. The van der Waals surface area contributed by atoms with Crippen molar-refractivity contribution < 1.29 is 9.47 Å². The molecule has 1 aromatic carbocycles. The summed E-state index contributed by atoms with van der Waals surface area (Å²) in [6, 6.07) is 3.88. The van der Waals surface area contributed by atoms with Crippen molar-refractivity contribution in [1.82, 2.24) is 5.32 Å². The molecule has 0 aliphatic rings. The lowest BCUT2D eigenvalue weighted by Gasteiger charge is -2.33. The van der Waals surface area contributed by atoms with Crippen LogP contribution in [0, 0.1) is 5.41 Å². The highest BCUT2D eigenvalue weighted by atomic mass is 35.5. The summed E-state index contributed by atoms with van der Waals surface area (Å²) in [5.74, 6) is 1.21. The third-order valence-corrected chi connectivity index (χ3v) is 3.66. The number of ether oxygens (including phenoxy) is 2. The van der Waals surface area contributed by atoms with Crippen molar-refractivity contribution in [2.45, 2.75) is 53.1 Å². The SMILES string of the molecule is C=CCOc1c(Cl)cc(CNC(C)(C)CC(C)(C)C)cc1OC.Cl. The van der Waals surface area contributed by atoms with Gasteiger partial charge in [0.1, 0.15) is 6.61 Å². The second kappa shape index (κ2) is 9.55. The molecule has 0 saturated carbocycles. The van der Waals surface area contributed by atoms with Crippen LogP contribution in [0.1, 0.15) is 46.6 Å². The molecule has 1 N–H and O–H groups in total. The monoisotopic (exact) mass is 375 g/mol. The molecule has 1 aromatic rings. The van der Waals surface area contributed by atoms with Crippen molar-refractivity contribution in [1.29, 1.82) is 0 Å². The van der Waals surface area contributed by atoms with Crippen LogP contribution in [0.3, 0.4) is 0 Å². The molecule has 0 aromatic heterocycles. The molecule has 0 spiro atoms. The Labute approximate surface area is 158 Å². The molecule has 0 aliphatic carbocycles. The van der Waals surface area contributed by atoms with Gasteiger partial charge in [0, 0.05) is 12.1 Å². The maximum Gasteiger partial charge on any atom is 0.180 e. The molecular formula is C19H31Cl2NO2. The maximum absolute atomic E-state index is 6.34. The van der Waals surface area contributed by atoms with E-state index in [1.807, 2.05) is 12.1 Å². The summed E-state index contributed by atoms with van der Waals surface area (Å²) in [6.07, 6.45) is 2.76. The summed E-state index contributed by atoms with van der Waals surface area (Å²) < 4.78 is 11.0. The van der Waals surface area contributed by atoms with Gasteiger partial charge in [-0.1, -0.05) is 45.0 Å². The molecule has 3 nitrogen and oxygen atoms in total. The molecule has 138 valence electrons. The van der Waals surface area contributed by atoms with Crippen LogP contribution in [0.25, 0.3) is 0 Å². The van der Waals surface area contributed by atoms with Gasteiger partial charge in [-0.05, 0) is 43.4 Å². The minimum atomic E-state index is 0. The average Bonchev–Trinajstić information content (AvgIpc) is 2.41. The number of benzene rings is 1. The van der Waals surface area contributed by atoms with Crippen LogP contribution < -0.4 is 14.8 Å². The van der Waals surface area contributed by atoms with E-state index in [0.29, 0.717) is 23.1 Å². The van der Waals surface area contributed by atoms with E-state index in [1.54, 1.807) is 13.2 Å². The molecule has 0 bridgehead atoms. The summed E-state index contributed by atoms with van der Waals surface area (Å²) in [4.78, 5) is 0. The van der Waals surface area contributed by atoms with Gasteiger partial charge in [-0.3, -0.25) is 0 Å². The van der Waals surface area contributed by atoms with Crippen molar-refractivity contribution >= 4 is 24.0 Å². The van der Waals surface area contributed by atoms with Gasteiger partial charge in [0.25, 0.3) is 0 Å². The van der Waals surface area contributed by atoms with Gasteiger partial charge in [0.15, 0.2) is 11.5 Å². The molecule has 0 fully saturated rings. The average molecular weight is 376 g/mol.